The molecule has 4 rings (SSSR count). The molecule has 3 heterocycles. The maximum absolute atomic E-state index is 12.0. The lowest BCUT2D eigenvalue weighted by molar-refractivity contribution is 0.747. The highest BCUT2D eigenvalue weighted by Gasteiger charge is 2.12. The Hall–Kier alpha value is -3.55. The molecule has 1 aromatic carbocycles. The zero-order valence-electron chi connectivity index (χ0n) is 17.5. The van der Waals surface area contributed by atoms with Crippen molar-refractivity contribution in [3.8, 4) is 5.69 Å². The molecule has 0 unspecified atom stereocenters. The summed E-state index contributed by atoms with van der Waals surface area (Å²) < 4.78 is 1.20. The van der Waals surface area contributed by atoms with Gasteiger partial charge in [-0.25, -0.2) is 14.8 Å². The summed E-state index contributed by atoms with van der Waals surface area (Å²) in [6, 6.07) is 3.82. The Morgan fingerprint density at radius 3 is 2.47 bits per heavy atom. The average Bonchev–Trinajstić information content (AvgIpc) is 3.10. The maximum atomic E-state index is 12.0. The lowest BCUT2D eigenvalue weighted by atomic mass is 9.97. The van der Waals surface area contributed by atoms with Crippen molar-refractivity contribution in [2.75, 3.05) is 0 Å². The average molecular weight is 404 g/mol. The van der Waals surface area contributed by atoms with Crippen molar-refractivity contribution in [1.29, 1.82) is 0 Å². The quantitative estimate of drug-likeness (QED) is 0.531. The standard InChI is InChI=1S/C22H24N6O2/c1-12(2)18-10-24-21-20(18)26-15(9-23-21)5-6-17-13(3)7-16(8-14(17)4)28-22(30)27-19(29)11-25-28/h7-12H,5-6H2,1-4H3,(H,23,24)(H,27,29,30). The molecule has 0 fully saturated rings. The first-order chi connectivity index (χ1) is 14.3. The van der Waals surface area contributed by atoms with Gasteiger partial charge in [-0.05, 0) is 61.4 Å². The summed E-state index contributed by atoms with van der Waals surface area (Å²) in [5.41, 5.74) is 6.77. The molecular formula is C22H24N6O2. The predicted octanol–water partition coefficient (Wildman–Crippen LogP) is 2.72. The zero-order chi connectivity index (χ0) is 21.4. The normalized spacial score (nSPS) is 11.5. The third kappa shape index (κ3) is 3.68. The summed E-state index contributed by atoms with van der Waals surface area (Å²) in [5, 5.41) is 3.94. The van der Waals surface area contributed by atoms with Crippen LogP contribution in [0.2, 0.25) is 0 Å². The largest absolute Gasteiger partial charge is 0.349 e. The zero-order valence-corrected chi connectivity index (χ0v) is 17.5. The number of hydrogen-bond donors (Lipinski definition) is 2. The number of H-pyrrole nitrogens is 2. The topological polar surface area (TPSA) is 109 Å². The van der Waals surface area contributed by atoms with Crippen LogP contribution in [0.5, 0.6) is 0 Å². The number of aryl methyl sites for hydroxylation is 3. The molecule has 0 atom stereocenters. The van der Waals surface area contributed by atoms with Crippen LogP contribution in [0.25, 0.3) is 16.9 Å². The van der Waals surface area contributed by atoms with E-state index in [1.54, 1.807) is 0 Å². The van der Waals surface area contributed by atoms with Gasteiger partial charge in [0, 0.05) is 11.8 Å². The highest BCUT2D eigenvalue weighted by Crippen LogP contribution is 2.24. The van der Waals surface area contributed by atoms with Gasteiger partial charge in [0.15, 0.2) is 5.65 Å². The Morgan fingerprint density at radius 1 is 1.07 bits per heavy atom. The molecule has 0 amide bonds. The minimum absolute atomic E-state index is 0.380. The van der Waals surface area contributed by atoms with Gasteiger partial charge >= 0.3 is 5.69 Å². The highest BCUT2D eigenvalue weighted by atomic mass is 16.2. The van der Waals surface area contributed by atoms with Crippen LogP contribution >= 0.6 is 0 Å². The first-order valence-corrected chi connectivity index (χ1v) is 9.95. The molecule has 8 heteroatoms. The van der Waals surface area contributed by atoms with Crippen molar-refractivity contribution >= 4 is 11.2 Å². The summed E-state index contributed by atoms with van der Waals surface area (Å²) in [5.74, 6) is 0.380. The number of nitrogens with zero attached hydrogens (tertiary/aromatic N) is 4. The lowest BCUT2D eigenvalue weighted by Gasteiger charge is -2.13. The van der Waals surface area contributed by atoms with Gasteiger partial charge in [-0.3, -0.25) is 9.78 Å². The molecule has 0 radical (unpaired) electrons. The maximum Gasteiger partial charge on any atom is 0.349 e. The Balaban J connectivity index is 1.61. The number of rotatable bonds is 5. The highest BCUT2D eigenvalue weighted by molar-refractivity contribution is 5.75. The molecule has 0 bridgehead atoms. The first-order valence-electron chi connectivity index (χ1n) is 9.95. The van der Waals surface area contributed by atoms with Gasteiger partial charge in [0.2, 0.25) is 0 Å². The molecule has 4 aromatic rings. The van der Waals surface area contributed by atoms with E-state index in [2.05, 4.69) is 33.9 Å². The van der Waals surface area contributed by atoms with Crippen LogP contribution in [0.4, 0.5) is 0 Å². The minimum atomic E-state index is -0.551. The minimum Gasteiger partial charge on any atom is -0.345 e. The van der Waals surface area contributed by atoms with Crippen molar-refractivity contribution in [3.05, 3.63) is 79.5 Å². The fourth-order valence-corrected chi connectivity index (χ4v) is 3.78. The van der Waals surface area contributed by atoms with Gasteiger partial charge < -0.3 is 4.98 Å². The van der Waals surface area contributed by atoms with Crippen molar-refractivity contribution in [3.63, 3.8) is 0 Å². The van der Waals surface area contributed by atoms with Gasteiger partial charge in [-0.15, -0.1) is 0 Å². The molecule has 0 saturated carbocycles. The van der Waals surface area contributed by atoms with Crippen LogP contribution in [0, 0.1) is 13.8 Å². The van der Waals surface area contributed by atoms with Crippen LogP contribution in [0.15, 0.2) is 40.3 Å². The molecule has 0 aliphatic carbocycles. The van der Waals surface area contributed by atoms with E-state index in [1.165, 1.54) is 15.8 Å². The van der Waals surface area contributed by atoms with E-state index in [4.69, 9.17) is 4.98 Å². The first kappa shape index (κ1) is 19.8. The molecule has 3 aromatic heterocycles. The molecular weight excluding hydrogens is 380 g/mol. The van der Waals surface area contributed by atoms with E-state index in [0.29, 0.717) is 11.6 Å². The van der Waals surface area contributed by atoms with E-state index >= 15 is 0 Å². The van der Waals surface area contributed by atoms with E-state index in [-0.39, 0.29) is 0 Å². The van der Waals surface area contributed by atoms with Gasteiger partial charge in [0.25, 0.3) is 5.56 Å². The van der Waals surface area contributed by atoms with Crippen LogP contribution in [0.1, 0.15) is 47.7 Å². The summed E-state index contributed by atoms with van der Waals surface area (Å²) in [7, 11) is 0. The van der Waals surface area contributed by atoms with Crippen molar-refractivity contribution in [1.82, 2.24) is 29.7 Å². The number of aromatic nitrogens is 6. The fourth-order valence-electron chi connectivity index (χ4n) is 3.78. The van der Waals surface area contributed by atoms with Gasteiger partial charge in [-0.1, -0.05) is 13.8 Å². The predicted molar refractivity (Wildman–Crippen MR) is 115 cm³/mol. The molecule has 0 aliphatic rings. The summed E-state index contributed by atoms with van der Waals surface area (Å²) >= 11 is 0. The van der Waals surface area contributed by atoms with Crippen LogP contribution in [0.3, 0.4) is 0 Å². The SMILES string of the molecule is Cc1cc(-n2ncc(=O)[nH]c2=O)cc(C)c1CCc1cnc2[nH]cc(C(C)C)c2n1. The number of hydrogen-bond acceptors (Lipinski definition) is 5. The number of nitrogens with one attached hydrogen (secondary N) is 2. The molecule has 0 spiro atoms. The van der Waals surface area contributed by atoms with E-state index in [0.717, 1.165) is 47.0 Å². The van der Waals surface area contributed by atoms with Gasteiger partial charge in [-0.2, -0.15) is 9.78 Å². The number of benzene rings is 1. The third-order valence-electron chi connectivity index (χ3n) is 5.35. The van der Waals surface area contributed by atoms with Crippen molar-refractivity contribution in [2.24, 2.45) is 0 Å². The van der Waals surface area contributed by atoms with Gasteiger partial charge in [0.1, 0.15) is 11.7 Å². The summed E-state index contributed by atoms with van der Waals surface area (Å²) in [6.45, 7) is 8.32. The fraction of sp³-hybridized carbons (Fsp3) is 0.318. The van der Waals surface area contributed by atoms with Crippen LogP contribution in [-0.4, -0.2) is 29.7 Å². The van der Waals surface area contributed by atoms with Crippen LogP contribution < -0.4 is 11.2 Å². The van der Waals surface area contributed by atoms with E-state index < -0.39 is 11.2 Å². The Morgan fingerprint density at radius 2 is 1.80 bits per heavy atom. The second-order valence-electron chi connectivity index (χ2n) is 7.87. The Bertz CT molecular complexity index is 1320. The molecule has 8 nitrogen and oxygen atoms in total. The van der Waals surface area contributed by atoms with E-state index in [9.17, 15) is 9.59 Å². The second-order valence-corrected chi connectivity index (χ2v) is 7.87. The third-order valence-corrected chi connectivity index (χ3v) is 5.35. The summed E-state index contributed by atoms with van der Waals surface area (Å²) in [4.78, 5) is 38.1. The summed E-state index contributed by atoms with van der Waals surface area (Å²) in [6.07, 6.45) is 6.49. The molecule has 30 heavy (non-hydrogen) atoms. The molecule has 0 saturated heterocycles. The van der Waals surface area contributed by atoms with Gasteiger partial charge in [0.05, 0.1) is 17.6 Å². The Labute approximate surface area is 173 Å². The lowest BCUT2D eigenvalue weighted by Crippen LogP contribution is -2.30. The second kappa shape index (κ2) is 7.70. The van der Waals surface area contributed by atoms with Crippen molar-refractivity contribution < 1.29 is 0 Å². The molecule has 154 valence electrons. The molecule has 0 aliphatic heterocycles. The number of aromatic amines is 2. The monoisotopic (exact) mass is 404 g/mol. The van der Waals surface area contributed by atoms with E-state index in [1.807, 2.05) is 38.4 Å². The number of fused-ring (bicyclic) bond motifs is 1. The smallest absolute Gasteiger partial charge is 0.345 e. The van der Waals surface area contributed by atoms with Crippen molar-refractivity contribution in [2.45, 2.75) is 46.5 Å². The van der Waals surface area contributed by atoms with Crippen LogP contribution in [-0.2, 0) is 12.8 Å². The molecule has 2 N–H and O–H groups in total. The Kier molecular flexibility index (Phi) is 5.07.